The number of nitrogens with zero attached hydrogens (tertiary/aromatic N) is 6. The number of nitrogens with one attached hydrogen (secondary N) is 2. The van der Waals surface area contributed by atoms with Gasteiger partial charge in [0.05, 0.1) is 23.5 Å². The Morgan fingerprint density at radius 1 is 1.08 bits per heavy atom. The van der Waals surface area contributed by atoms with Crippen molar-refractivity contribution in [3.63, 3.8) is 0 Å². The molecule has 7 rings (SSSR count). The summed E-state index contributed by atoms with van der Waals surface area (Å²) in [5, 5.41) is 12.0. The first-order valence-corrected chi connectivity index (χ1v) is 17.4. The number of methoxy groups -OCH3 is 2. The Morgan fingerprint density at radius 2 is 1.94 bits per heavy atom. The van der Waals surface area contributed by atoms with Gasteiger partial charge >= 0.3 is 0 Å². The van der Waals surface area contributed by atoms with E-state index in [1.54, 1.807) is 67.4 Å². The summed E-state index contributed by atoms with van der Waals surface area (Å²) in [5.74, 6) is -0.0412. The number of carbonyl (C=O) groups excluding carboxylic acids is 2. The number of anilines is 1. The minimum Gasteiger partial charge on any atom is -0.488 e. The third kappa shape index (κ3) is 7.37. The number of fused-ring (bicyclic) bond motifs is 1. The fourth-order valence-electron chi connectivity index (χ4n) is 6.33. The lowest BCUT2D eigenvalue weighted by Crippen LogP contribution is -2.48. The predicted molar refractivity (Wildman–Crippen MR) is 191 cm³/mol. The molecule has 15 heteroatoms. The zero-order chi connectivity index (χ0) is 35.4. The Balaban J connectivity index is 0.963. The Hall–Kier alpha value is -5.09. The molecule has 2 N–H and O–H groups in total. The number of aromatic nitrogens is 5. The summed E-state index contributed by atoms with van der Waals surface area (Å²) in [4.78, 5) is 44.9. The molecule has 1 atom stereocenters. The normalized spacial score (nSPS) is 17.9. The number of H-pyrrole nitrogens is 1. The summed E-state index contributed by atoms with van der Waals surface area (Å²) < 4.78 is 31.0. The number of hydrogen-bond donors (Lipinski definition) is 2. The number of carbonyl (C=O) groups is 2. The molecule has 0 unspecified atom stereocenters. The highest BCUT2D eigenvalue weighted by molar-refractivity contribution is 7.16. The van der Waals surface area contributed by atoms with E-state index in [1.807, 2.05) is 15.9 Å². The van der Waals surface area contributed by atoms with Crippen LogP contribution < -0.4 is 10.1 Å². The van der Waals surface area contributed by atoms with Crippen molar-refractivity contribution in [1.29, 1.82) is 0 Å². The number of benzene rings is 2. The molecule has 0 bridgehead atoms. The highest BCUT2D eigenvalue weighted by Gasteiger charge is 2.45. The molecule has 51 heavy (non-hydrogen) atoms. The minimum atomic E-state index is -1.13. The van der Waals surface area contributed by atoms with E-state index in [2.05, 4.69) is 36.5 Å². The summed E-state index contributed by atoms with van der Waals surface area (Å²) in [6.45, 7) is 2.65. The van der Waals surface area contributed by atoms with Gasteiger partial charge in [0.2, 0.25) is 5.91 Å². The maximum Gasteiger partial charge on any atom is 0.258 e. The molecule has 1 fully saturated rings. The lowest BCUT2D eigenvalue weighted by Gasteiger charge is -2.29. The smallest absolute Gasteiger partial charge is 0.258 e. The Labute approximate surface area is 297 Å². The van der Waals surface area contributed by atoms with Gasteiger partial charge in [0.1, 0.15) is 17.3 Å². The van der Waals surface area contributed by atoms with Crippen LogP contribution in [0.25, 0.3) is 38.4 Å². The molecule has 0 saturated carbocycles. The predicted octanol–water partition coefficient (Wildman–Crippen LogP) is 4.65. The number of thiazole rings is 1. The van der Waals surface area contributed by atoms with Crippen molar-refractivity contribution >= 4 is 45.3 Å². The van der Waals surface area contributed by atoms with Gasteiger partial charge in [0.15, 0.2) is 23.0 Å². The van der Waals surface area contributed by atoms with E-state index in [1.165, 1.54) is 13.2 Å². The van der Waals surface area contributed by atoms with Crippen LogP contribution in [0.2, 0.25) is 0 Å². The Bertz CT molecular complexity index is 2070. The van der Waals surface area contributed by atoms with Gasteiger partial charge in [-0.15, -0.1) is 11.3 Å². The van der Waals surface area contributed by atoms with E-state index in [0.717, 1.165) is 21.0 Å². The van der Waals surface area contributed by atoms with E-state index in [-0.39, 0.29) is 37.3 Å². The van der Waals surface area contributed by atoms with Crippen LogP contribution >= 0.6 is 11.3 Å². The fourth-order valence-corrected chi connectivity index (χ4v) is 7.26. The van der Waals surface area contributed by atoms with Gasteiger partial charge in [-0.2, -0.15) is 5.10 Å². The van der Waals surface area contributed by atoms with Crippen LogP contribution in [0.4, 0.5) is 10.1 Å². The third-order valence-corrected chi connectivity index (χ3v) is 10.2. The molecule has 2 amide bonds. The molecule has 5 heterocycles. The Kier molecular flexibility index (Phi) is 10.1. The monoisotopic (exact) mass is 712 g/mol. The van der Waals surface area contributed by atoms with Crippen LogP contribution in [0.15, 0.2) is 67.1 Å². The molecule has 264 valence electrons. The minimum absolute atomic E-state index is 0.000860. The Morgan fingerprint density at radius 3 is 2.71 bits per heavy atom. The third-order valence-electron chi connectivity index (χ3n) is 9.17. The highest BCUT2D eigenvalue weighted by atomic mass is 32.1. The first-order chi connectivity index (χ1) is 24.9. The number of amides is 2. The topological polar surface area (TPSA) is 148 Å². The SMILES string of the molecule is COCCOc1ccc(-c2n[nH]c3ccc(NC(=O)[C@]4(OC)CCN(CC(=O)N5CC=C(c6ncc(-c7ncccn7)s6)CC5)C4)cc23)cc1F. The van der Waals surface area contributed by atoms with E-state index in [9.17, 15) is 14.0 Å². The van der Waals surface area contributed by atoms with Crippen molar-refractivity contribution < 1.29 is 28.2 Å². The number of ether oxygens (including phenoxy) is 3. The van der Waals surface area contributed by atoms with Crippen molar-refractivity contribution in [2.75, 3.05) is 65.5 Å². The molecule has 1 saturated heterocycles. The fraction of sp³-hybridized carbons (Fsp3) is 0.333. The second kappa shape index (κ2) is 15.0. The number of hydrogen-bond acceptors (Lipinski definition) is 11. The van der Waals surface area contributed by atoms with Crippen LogP contribution in [0, 0.1) is 5.82 Å². The number of likely N-dealkylation sites (tertiary alicyclic amines) is 1. The molecular weight excluding hydrogens is 676 g/mol. The van der Waals surface area contributed by atoms with Crippen LogP contribution in [-0.4, -0.2) is 113 Å². The van der Waals surface area contributed by atoms with Gasteiger partial charge < -0.3 is 24.4 Å². The van der Waals surface area contributed by atoms with Crippen LogP contribution in [0.5, 0.6) is 5.75 Å². The standard InChI is InChI=1S/C36H37FN8O5S/c1-48-16-17-50-29-7-4-24(18-27(29)37)32-26-19-25(5-6-28(26)42-43-32)41-35(47)36(49-2)10-15-44(22-36)21-31(46)45-13-8-23(9-14-45)34-40-20-30(51-34)33-38-11-3-12-39-33/h3-8,11-12,18-20H,9-10,13-17,21-22H2,1-2H3,(H,41,47)(H,42,43)/t36-/m0/s1. The molecule has 5 aromatic rings. The highest BCUT2D eigenvalue weighted by Crippen LogP contribution is 2.33. The number of halogens is 1. The van der Waals surface area contributed by atoms with E-state index >= 15 is 0 Å². The zero-order valence-corrected chi connectivity index (χ0v) is 29.0. The van der Waals surface area contributed by atoms with Gasteiger partial charge in [-0.25, -0.2) is 19.3 Å². The van der Waals surface area contributed by atoms with Crippen molar-refractivity contribution in [3.05, 3.63) is 78.0 Å². The van der Waals surface area contributed by atoms with Gasteiger partial charge in [-0.1, -0.05) is 6.08 Å². The first kappa shape index (κ1) is 34.4. The van der Waals surface area contributed by atoms with Crippen LogP contribution in [-0.2, 0) is 19.1 Å². The first-order valence-electron chi connectivity index (χ1n) is 16.5. The molecule has 0 radical (unpaired) electrons. The largest absolute Gasteiger partial charge is 0.488 e. The van der Waals surface area contributed by atoms with Crippen molar-refractivity contribution in [2.24, 2.45) is 0 Å². The maximum absolute atomic E-state index is 14.8. The summed E-state index contributed by atoms with van der Waals surface area (Å²) in [6, 6.07) is 11.8. The number of aromatic amines is 1. The summed E-state index contributed by atoms with van der Waals surface area (Å²) in [5.41, 5.74) is 2.34. The molecule has 2 aliphatic rings. The van der Waals surface area contributed by atoms with Crippen molar-refractivity contribution in [1.82, 2.24) is 34.9 Å². The van der Waals surface area contributed by atoms with Crippen LogP contribution in [0.3, 0.4) is 0 Å². The van der Waals surface area contributed by atoms with E-state index in [4.69, 9.17) is 14.2 Å². The van der Waals surface area contributed by atoms with E-state index in [0.29, 0.717) is 67.2 Å². The molecule has 0 spiro atoms. The lowest BCUT2D eigenvalue weighted by molar-refractivity contribution is -0.138. The molecule has 2 aliphatic heterocycles. The van der Waals surface area contributed by atoms with E-state index < -0.39 is 11.4 Å². The molecular formula is C36H37FN8O5S. The van der Waals surface area contributed by atoms with Gasteiger partial charge in [0.25, 0.3) is 5.91 Å². The number of rotatable bonds is 12. The average molecular weight is 713 g/mol. The lowest BCUT2D eigenvalue weighted by atomic mass is 10.0. The van der Waals surface area contributed by atoms with Crippen LogP contribution in [0.1, 0.15) is 17.8 Å². The molecule has 0 aliphatic carbocycles. The second-order valence-corrected chi connectivity index (χ2v) is 13.4. The summed E-state index contributed by atoms with van der Waals surface area (Å²) >= 11 is 1.54. The average Bonchev–Trinajstić information content (AvgIpc) is 3.92. The maximum atomic E-state index is 14.8. The molecule has 2 aromatic carbocycles. The summed E-state index contributed by atoms with van der Waals surface area (Å²) in [6.07, 6.45) is 8.39. The second-order valence-electron chi connectivity index (χ2n) is 12.4. The quantitative estimate of drug-likeness (QED) is 0.175. The zero-order valence-electron chi connectivity index (χ0n) is 28.2. The summed E-state index contributed by atoms with van der Waals surface area (Å²) in [7, 11) is 3.07. The van der Waals surface area contributed by atoms with Gasteiger partial charge in [0, 0.05) is 75.6 Å². The van der Waals surface area contributed by atoms with Crippen molar-refractivity contribution in [3.8, 4) is 27.7 Å². The van der Waals surface area contributed by atoms with Gasteiger partial charge in [-0.05, 0) is 60.9 Å². The molecule has 13 nitrogen and oxygen atoms in total. The van der Waals surface area contributed by atoms with Crippen molar-refractivity contribution in [2.45, 2.75) is 18.4 Å². The molecule has 3 aromatic heterocycles. The van der Waals surface area contributed by atoms with Gasteiger partial charge in [-0.3, -0.25) is 19.6 Å².